The van der Waals surface area contributed by atoms with Crippen molar-refractivity contribution in [1.29, 1.82) is 0 Å². The quantitative estimate of drug-likeness (QED) is 0.791. The molecule has 4 heteroatoms. The first kappa shape index (κ1) is 14.9. The summed E-state index contributed by atoms with van der Waals surface area (Å²) in [4.78, 5) is 2.64. The molecule has 0 spiro atoms. The minimum Gasteiger partial charge on any atom is -0.488 e. The standard InChI is InChI=1S/C17H20ClNOS/c1-2-12-9-14(5-8-17(12)18)20-11-16-7-6-15(21-16)10-19-13-3-4-13/h5-9,13,19H,2-4,10-11H2,1H3. The van der Waals surface area contributed by atoms with Crippen molar-refractivity contribution in [2.24, 2.45) is 0 Å². The van der Waals surface area contributed by atoms with E-state index in [1.54, 1.807) is 0 Å². The zero-order valence-corrected chi connectivity index (χ0v) is 13.8. The summed E-state index contributed by atoms with van der Waals surface area (Å²) in [6, 6.07) is 11.0. The monoisotopic (exact) mass is 321 g/mol. The molecule has 0 amide bonds. The van der Waals surface area contributed by atoms with Gasteiger partial charge in [0.25, 0.3) is 0 Å². The van der Waals surface area contributed by atoms with E-state index in [4.69, 9.17) is 16.3 Å². The molecule has 1 fully saturated rings. The predicted molar refractivity (Wildman–Crippen MR) is 89.3 cm³/mol. The van der Waals surface area contributed by atoms with Crippen molar-refractivity contribution in [3.63, 3.8) is 0 Å². The maximum Gasteiger partial charge on any atom is 0.122 e. The first-order valence-corrected chi connectivity index (χ1v) is 8.66. The van der Waals surface area contributed by atoms with Gasteiger partial charge in [0, 0.05) is 27.4 Å². The second kappa shape index (κ2) is 6.82. The molecule has 0 aliphatic heterocycles. The largest absolute Gasteiger partial charge is 0.488 e. The van der Waals surface area contributed by atoms with Gasteiger partial charge in [-0.15, -0.1) is 11.3 Å². The molecule has 1 heterocycles. The lowest BCUT2D eigenvalue weighted by atomic mass is 10.1. The van der Waals surface area contributed by atoms with Crippen molar-refractivity contribution in [2.75, 3.05) is 0 Å². The van der Waals surface area contributed by atoms with Crippen molar-refractivity contribution in [3.8, 4) is 5.75 Å². The molecule has 112 valence electrons. The first-order chi connectivity index (χ1) is 10.2. The summed E-state index contributed by atoms with van der Waals surface area (Å²) >= 11 is 7.94. The minimum absolute atomic E-state index is 0.624. The third-order valence-electron chi connectivity index (χ3n) is 3.64. The van der Waals surface area contributed by atoms with Crippen LogP contribution in [0.25, 0.3) is 0 Å². The molecular formula is C17H20ClNOS. The molecule has 0 bridgehead atoms. The van der Waals surface area contributed by atoms with Crippen LogP contribution in [0.5, 0.6) is 5.75 Å². The number of hydrogen-bond donors (Lipinski definition) is 1. The third kappa shape index (κ3) is 4.22. The molecule has 21 heavy (non-hydrogen) atoms. The van der Waals surface area contributed by atoms with Gasteiger partial charge < -0.3 is 10.1 Å². The number of nitrogens with one attached hydrogen (secondary N) is 1. The molecular weight excluding hydrogens is 302 g/mol. The fourth-order valence-electron chi connectivity index (χ4n) is 2.19. The van der Waals surface area contributed by atoms with Gasteiger partial charge in [-0.3, -0.25) is 0 Å². The van der Waals surface area contributed by atoms with E-state index in [2.05, 4.69) is 24.4 Å². The number of rotatable bonds is 7. The maximum absolute atomic E-state index is 6.12. The van der Waals surface area contributed by atoms with Gasteiger partial charge in [0.05, 0.1) is 0 Å². The molecule has 3 rings (SSSR count). The molecule has 1 aromatic carbocycles. The summed E-state index contributed by atoms with van der Waals surface area (Å²) in [6.45, 7) is 3.71. The zero-order chi connectivity index (χ0) is 14.7. The van der Waals surface area contributed by atoms with E-state index >= 15 is 0 Å². The Morgan fingerprint density at radius 1 is 1.24 bits per heavy atom. The van der Waals surface area contributed by atoms with Gasteiger partial charge in [0.15, 0.2) is 0 Å². The number of aryl methyl sites for hydroxylation is 1. The van der Waals surface area contributed by atoms with Gasteiger partial charge in [-0.05, 0) is 55.2 Å². The van der Waals surface area contributed by atoms with Crippen LogP contribution in [-0.2, 0) is 19.6 Å². The average molecular weight is 322 g/mol. The molecule has 1 aliphatic carbocycles. The minimum atomic E-state index is 0.624. The fraction of sp³-hybridized carbons (Fsp3) is 0.412. The van der Waals surface area contributed by atoms with Crippen LogP contribution in [0, 0.1) is 0 Å². The average Bonchev–Trinajstić information content (AvgIpc) is 3.22. The van der Waals surface area contributed by atoms with Crippen LogP contribution in [-0.4, -0.2) is 6.04 Å². The van der Waals surface area contributed by atoms with E-state index in [9.17, 15) is 0 Å². The van der Waals surface area contributed by atoms with Gasteiger partial charge in [0.2, 0.25) is 0 Å². The van der Waals surface area contributed by atoms with Gasteiger partial charge in [-0.2, -0.15) is 0 Å². The first-order valence-electron chi connectivity index (χ1n) is 7.47. The van der Waals surface area contributed by atoms with Crippen molar-refractivity contribution in [2.45, 2.75) is 45.4 Å². The van der Waals surface area contributed by atoms with Crippen molar-refractivity contribution in [1.82, 2.24) is 5.32 Å². The summed E-state index contributed by atoms with van der Waals surface area (Å²) < 4.78 is 5.87. The van der Waals surface area contributed by atoms with Crippen LogP contribution >= 0.6 is 22.9 Å². The second-order valence-electron chi connectivity index (χ2n) is 5.42. The molecule has 2 nitrogen and oxygen atoms in total. The van der Waals surface area contributed by atoms with Crippen LogP contribution < -0.4 is 10.1 Å². The lowest BCUT2D eigenvalue weighted by Gasteiger charge is -2.07. The van der Waals surface area contributed by atoms with Crippen LogP contribution in [0.15, 0.2) is 30.3 Å². The molecule has 1 N–H and O–H groups in total. The highest BCUT2D eigenvalue weighted by atomic mass is 35.5. The molecule has 2 aromatic rings. The Bertz CT molecular complexity index is 607. The van der Waals surface area contributed by atoms with Crippen LogP contribution in [0.2, 0.25) is 5.02 Å². The Labute approximate surface area is 135 Å². The van der Waals surface area contributed by atoms with E-state index in [0.717, 1.165) is 35.3 Å². The number of thiophene rings is 1. The topological polar surface area (TPSA) is 21.3 Å². The number of benzene rings is 1. The van der Waals surface area contributed by atoms with E-state index in [1.807, 2.05) is 29.5 Å². The summed E-state index contributed by atoms with van der Waals surface area (Å²) in [5.41, 5.74) is 1.13. The van der Waals surface area contributed by atoms with E-state index < -0.39 is 0 Å². The molecule has 0 radical (unpaired) electrons. The molecule has 1 aromatic heterocycles. The maximum atomic E-state index is 6.12. The lowest BCUT2D eigenvalue weighted by molar-refractivity contribution is 0.309. The highest BCUT2D eigenvalue weighted by Crippen LogP contribution is 2.25. The van der Waals surface area contributed by atoms with E-state index in [1.165, 1.54) is 22.6 Å². The van der Waals surface area contributed by atoms with Crippen molar-refractivity contribution in [3.05, 3.63) is 50.7 Å². The summed E-state index contributed by atoms with van der Waals surface area (Å²) in [5, 5.41) is 4.35. The molecule has 0 unspecified atom stereocenters. The highest BCUT2D eigenvalue weighted by molar-refractivity contribution is 7.11. The number of ether oxygens (including phenoxy) is 1. The summed E-state index contributed by atoms with van der Waals surface area (Å²) in [7, 11) is 0. The highest BCUT2D eigenvalue weighted by Gasteiger charge is 2.20. The van der Waals surface area contributed by atoms with Gasteiger partial charge in [-0.25, -0.2) is 0 Å². The van der Waals surface area contributed by atoms with Crippen LogP contribution in [0.4, 0.5) is 0 Å². The second-order valence-corrected chi connectivity index (χ2v) is 7.08. The number of hydrogen-bond acceptors (Lipinski definition) is 3. The fourth-order valence-corrected chi connectivity index (χ4v) is 3.33. The molecule has 1 aliphatic rings. The Kier molecular flexibility index (Phi) is 4.84. The summed E-state index contributed by atoms with van der Waals surface area (Å²) in [6.07, 6.45) is 3.58. The lowest BCUT2D eigenvalue weighted by Crippen LogP contribution is -2.14. The Hall–Kier alpha value is -1.03. The van der Waals surface area contributed by atoms with E-state index in [0.29, 0.717) is 6.61 Å². The van der Waals surface area contributed by atoms with Crippen LogP contribution in [0.1, 0.15) is 35.1 Å². The van der Waals surface area contributed by atoms with Gasteiger partial charge in [-0.1, -0.05) is 18.5 Å². The van der Waals surface area contributed by atoms with Crippen molar-refractivity contribution < 1.29 is 4.74 Å². The Balaban J connectivity index is 1.54. The van der Waals surface area contributed by atoms with E-state index in [-0.39, 0.29) is 0 Å². The Morgan fingerprint density at radius 3 is 2.81 bits per heavy atom. The molecule has 1 saturated carbocycles. The summed E-state index contributed by atoms with van der Waals surface area (Å²) in [5.74, 6) is 0.891. The van der Waals surface area contributed by atoms with Gasteiger partial charge >= 0.3 is 0 Å². The van der Waals surface area contributed by atoms with Crippen molar-refractivity contribution >= 4 is 22.9 Å². The molecule has 0 atom stereocenters. The van der Waals surface area contributed by atoms with Gasteiger partial charge in [0.1, 0.15) is 12.4 Å². The van der Waals surface area contributed by atoms with Crippen LogP contribution in [0.3, 0.4) is 0 Å². The smallest absolute Gasteiger partial charge is 0.122 e. The third-order valence-corrected chi connectivity index (χ3v) is 5.07. The Morgan fingerprint density at radius 2 is 2.05 bits per heavy atom. The normalized spacial score (nSPS) is 14.4. The SMILES string of the molecule is CCc1cc(OCc2ccc(CNC3CC3)s2)ccc1Cl. The molecule has 0 saturated heterocycles. The number of halogens is 1. The predicted octanol–water partition coefficient (Wildman–Crippen LogP) is 4.79. The zero-order valence-electron chi connectivity index (χ0n) is 12.2.